The van der Waals surface area contributed by atoms with Gasteiger partial charge in [0.25, 0.3) is 0 Å². The number of rotatable bonds is 5. The van der Waals surface area contributed by atoms with Gasteiger partial charge in [0.15, 0.2) is 11.4 Å². The average molecular weight is 731 g/mol. The monoisotopic (exact) mass is 730 g/mol. The lowest BCUT2D eigenvalue weighted by Gasteiger charge is -2.65. The van der Waals surface area contributed by atoms with Crippen LogP contribution in [0.5, 0.6) is 0 Å². The molecule has 0 radical (unpaired) electrons. The first-order valence-electron chi connectivity index (χ1n) is 18.3. The van der Waals surface area contributed by atoms with Crippen molar-refractivity contribution < 1.29 is 67.4 Å². The molecule has 0 unspecified atom stereocenters. The van der Waals surface area contributed by atoms with E-state index in [1.54, 1.807) is 33.8 Å². The minimum absolute atomic E-state index is 0.202. The van der Waals surface area contributed by atoms with Crippen LogP contribution >= 0.6 is 0 Å². The fourth-order valence-electron chi connectivity index (χ4n) is 12.3. The van der Waals surface area contributed by atoms with Gasteiger partial charge in [-0.25, -0.2) is 4.79 Å². The van der Waals surface area contributed by atoms with Gasteiger partial charge in [0.05, 0.1) is 17.4 Å². The summed E-state index contributed by atoms with van der Waals surface area (Å²) >= 11 is 0. The van der Waals surface area contributed by atoms with Crippen molar-refractivity contribution in [2.24, 2.45) is 63.6 Å². The maximum Gasteiger partial charge on any atom is 0.343 e. The van der Waals surface area contributed by atoms with Crippen molar-refractivity contribution in [1.29, 1.82) is 0 Å². The molecule has 5 aliphatic carbocycles. The number of aliphatic hydroxyl groups excluding tert-OH is 1. The molecule has 7 aliphatic rings. The van der Waals surface area contributed by atoms with Gasteiger partial charge in [0, 0.05) is 61.2 Å². The number of carbonyl (C=O) groups is 6. The van der Waals surface area contributed by atoms with Crippen molar-refractivity contribution in [3.63, 3.8) is 0 Å². The van der Waals surface area contributed by atoms with Crippen molar-refractivity contribution in [2.75, 3.05) is 0 Å². The largest absolute Gasteiger partial charge is 0.461 e. The number of hydrogen-bond acceptors (Lipinski definition) is 14. The van der Waals surface area contributed by atoms with Crippen LogP contribution in [0.15, 0.2) is 11.8 Å². The first-order chi connectivity index (χ1) is 24.1. The summed E-state index contributed by atoms with van der Waals surface area (Å²) in [6.07, 6.45) is -5.44. The van der Waals surface area contributed by atoms with Crippen LogP contribution in [0.2, 0.25) is 0 Å². The number of aliphatic hydroxyl groups is 2. The molecule has 18 atom stereocenters. The Hall–Kier alpha value is -3.36. The molecule has 6 fully saturated rings. The van der Waals surface area contributed by atoms with Gasteiger partial charge in [-0.15, -0.1) is 0 Å². The van der Waals surface area contributed by atoms with Gasteiger partial charge in [0.2, 0.25) is 0 Å². The highest BCUT2D eigenvalue weighted by molar-refractivity contribution is 5.88. The highest BCUT2D eigenvalue weighted by Crippen LogP contribution is 2.76. The molecule has 2 N–H and O–H groups in total. The fraction of sp³-hybridized carbons (Fsp3) is 0.789. The van der Waals surface area contributed by atoms with E-state index in [0.717, 1.165) is 0 Å². The molecule has 0 aromatic heterocycles. The zero-order chi connectivity index (χ0) is 38.4. The summed E-state index contributed by atoms with van der Waals surface area (Å²) in [7, 11) is 0. The second kappa shape index (κ2) is 11.6. The summed E-state index contributed by atoms with van der Waals surface area (Å²) in [5.74, 6) is -10.5. The minimum atomic E-state index is -2.11. The van der Waals surface area contributed by atoms with Gasteiger partial charge in [-0.1, -0.05) is 34.6 Å². The van der Waals surface area contributed by atoms with E-state index in [4.69, 9.17) is 28.4 Å². The van der Waals surface area contributed by atoms with Crippen LogP contribution in [0.3, 0.4) is 0 Å². The van der Waals surface area contributed by atoms with Gasteiger partial charge in [-0.3, -0.25) is 24.0 Å². The van der Waals surface area contributed by atoms with E-state index < -0.39 is 148 Å². The Labute approximate surface area is 302 Å². The van der Waals surface area contributed by atoms with Crippen molar-refractivity contribution >= 4 is 35.6 Å². The number of epoxide rings is 1. The summed E-state index contributed by atoms with van der Waals surface area (Å²) in [6.45, 7) is 15.5. The minimum Gasteiger partial charge on any atom is -0.461 e. The molecule has 0 aromatic rings. The molecule has 14 nitrogen and oxygen atoms in total. The van der Waals surface area contributed by atoms with E-state index in [0.29, 0.717) is 0 Å². The van der Waals surface area contributed by atoms with Crippen LogP contribution < -0.4 is 0 Å². The SMILES string of the molecule is CC(=O)O[C@H]1[C@H]2[C@H]([C@@H]3[C@@H](OC(=O)C(C)C)[C@@H]4[C@H]([C@H](C)C=C5OC(=O)[C@@](C)(O)[C@@]54C)[C@@]3(C)[C@H]1OC(C)=O)[C@@H](O)C(=O)[C@H]1C[C@@H]3O[C@@H]3[C@H](OC(C)=O)[C@]21C. The second-order valence-corrected chi connectivity index (χ2v) is 17.4. The number of allylic oxidation sites excluding steroid dienone is 1. The Morgan fingerprint density at radius 1 is 0.827 bits per heavy atom. The smallest absolute Gasteiger partial charge is 0.343 e. The van der Waals surface area contributed by atoms with Gasteiger partial charge in [-0.2, -0.15) is 0 Å². The Kier molecular flexibility index (Phi) is 8.23. The number of esters is 5. The van der Waals surface area contributed by atoms with Crippen molar-refractivity contribution in [2.45, 2.75) is 124 Å². The zero-order valence-corrected chi connectivity index (χ0v) is 31.2. The van der Waals surface area contributed by atoms with Crippen LogP contribution in [-0.4, -0.2) is 94.2 Å². The molecule has 4 saturated carbocycles. The zero-order valence-electron chi connectivity index (χ0n) is 31.2. The number of ether oxygens (including phenoxy) is 6. The fourth-order valence-corrected chi connectivity index (χ4v) is 12.3. The van der Waals surface area contributed by atoms with E-state index in [9.17, 15) is 39.0 Å². The average Bonchev–Trinajstić information content (AvgIpc) is 3.72. The summed E-state index contributed by atoms with van der Waals surface area (Å²) < 4.78 is 36.7. The van der Waals surface area contributed by atoms with Crippen molar-refractivity contribution in [3.8, 4) is 0 Å². The summed E-state index contributed by atoms with van der Waals surface area (Å²) in [4.78, 5) is 80.8. The molecule has 0 aromatic carbocycles. The number of hydrogen-bond donors (Lipinski definition) is 2. The molecular formula is C38H50O14. The molecule has 2 heterocycles. The number of carbonyl (C=O) groups excluding carboxylic acids is 6. The Balaban J connectivity index is 1.54. The van der Waals surface area contributed by atoms with Gasteiger partial charge < -0.3 is 38.6 Å². The van der Waals surface area contributed by atoms with Gasteiger partial charge >= 0.3 is 29.8 Å². The first-order valence-corrected chi connectivity index (χ1v) is 18.3. The normalized spacial score (nSPS) is 50.9. The lowest BCUT2D eigenvalue weighted by atomic mass is 9.41. The predicted octanol–water partition coefficient (Wildman–Crippen LogP) is 2.05. The third-order valence-corrected chi connectivity index (χ3v) is 14.5. The maximum atomic E-state index is 14.6. The molecule has 0 amide bonds. The van der Waals surface area contributed by atoms with E-state index in [1.807, 2.05) is 13.8 Å². The van der Waals surface area contributed by atoms with Crippen LogP contribution in [0.1, 0.15) is 75.7 Å². The lowest BCUT2D eigenvalue weighted by molar-refractivity contribution is -0.273. The number of fused-ring (bicyclic) bond motifs is 10. The quantitative estimate of drug-likeness (QED) is 0.236. The van der Waals surface area contributed by atoms with Crippen molar-refractivity contribution in [1.82, 2.24) is 0 Å². The molecule has 52 heavy (non-hydrogen) atoms. The number of ketones is 1. The highest BCUT2D eigenvalue weighted by Gasteiger charge is 2.83. The first kappa shape index (κ1) is 37.0. The third-order valence-electron chi connectivity index (χ3n) is 14.5. The topological polar surface area (TPSA) is 202 Å². The molecule has 0 bridgehead atoms. The van der Waals surface area contributed by atoms with E-state index in [2.05, 4.69) is 0 Å². The Bertz CT molecular complexity index is 1670. The predicted molar refractivity (Wildman–Crippen MR) is 175 cm³/mol. The lowest BCUT2D eigenvalue weighted by Crippen LogP contribution is -2.74. The van der Waals surface area contributed by atoms with E-state index in [1.165, 1.54) is 27.7 Å². The number of Topliss-reactive ketones (excluding diaryl/α,β-unsaturated/α-hetero) is 1. The maximum absolute atomic E-state index is 14.6. The van der Waals surface area contributed by atoms with E-state index >= 15 is 0 Å². The molecule has 7 rings (SSSR count). The van der Waals surface area contributed by atoms with Crippen LogP contribution in [0, 0.1) is 63.6 Å². The third kappa shape index (κ3) is 4.58. The standard InChI is InChI=1S/C38H50O14/c1-13(2)33(44)52-29-23-21-24(35(7)18(26(42)27(21)43)12-19-28(50-19)31(35)48-16(5)40)30(47-15(4)39)32(49-17(6)41)36(23,8)22-14(3)11-20-37(9,25(22)29)38(10,46)34(45)51-20/h11,13-14,18-19,21-25,27-32,43,46H,12H2,1-10H3/t14-,18-,19+,21+,22+,23-,24-,25+,27-,28+,29-,30+,31+,32+,35+,36-,37+,38-/m1/s1. The summed E-state index contributed by atoms with van der Waals surface area (Å²) in [5.41, 5.74) is -6.27. The molecule has 0 spiro atoms. The van der Waals surface area contributed by atoms with E-state index in [-0.39, 0.29) is 12.2 Å². The Morgan fingerprint density at radius 3 is 1.98 bits per heavy atom. The summed E-state index contributed by atoms with van der Waals surface area (Å²) in [6, 6.07) is 0. The van der Waals surface area contributed by atoms with Gasteiger partial charge in [-0.05, 0) is 38.2 Å². The van der Waals surface area contributed by atoms with Crippen molar-refractivity contribution in [3.05, 3.63) is 11.8 Å². The van der Waals surface area contributed by atoms with Crippen LogP contribution in [-0.2, 0) is 57.2 Å². The molecule has 286 valence electrons. The summed E-state index contributed by atoms with van der Waals surface area (Å²) in [5, 5.41) is 24.4. The highest BCUT2D eigenvalue weighted by atomic mass is 16.6. The molecule has 2 saturated heterocycles. The Morgan fingerprint density at radius 2 is 1.40 bits per heavy atom. The molecule has 14 heteroatoms. The van der Waals surface area contributed by atoms with Crippen LogP contribution in [0.25, 0.3) is 0 Å². The second-order valence-electron chi connectivity index (χ2n) is 17.4. The molecule has 2 aliphatic heterocycles. The molecular weight excluding hydrogens is 680 g/mol. The van der Waals surface area contributed by atoms with Gasteiger partial charge in [0.1, 0.15) is 42.4 Å². The van der Waals surface area contributed by atoms with Crippen LogP contribution in [0.4, 0.5) is 0 Å².